The maximum absolute atomic E-state index is 13.4. The molecule has 1 fully saturated rings. The molecule has 3 rings (SSSR count). The van der Waals surface area contributed by atoms with E-state index in [4.69, 9.17) is 11.6 Å². The average molecular weight is 526 g/mol. The molecule has 1 aliphatic heterocycles. The first kappa shape index (κ1) is 27.9. The Labute approximate surface area is 221 Å². The van der Waals surface area contributed by atoms with E-state index in [0.29, 0.717) is 52.0 Å². The highest BCUT2D eigenvalue weighted by molar-refractivity contribution is 6.29. The third-order valence-electron chi connectivity index (χ3n) is 6.06. The minimum absolute atomic E-state index is 0.176. The number of pyridine rings is 1. The fourth-order valence-corrected chi connectivity index (χ4v) is 4.24. The highest BCUT2D eigenvalue weighted by Crippen LogP contribution is 2.13. The molecule has 4 amide bonds. The molecule has 9 nitrogen and oxygen atoms in total. The number of nitrogens with zero attached hydrogens (tertiary/aromatic N) is 3. The molecule has 2 heterocycles. The molecule has 37 heavy (non-hydrogen) atoms. The lowest BCUT2D eigenvalue weighted by Crippen LogP contribution is -2.56. The van der Waals surface area contributed by atoms with Gasteiger partial charge in [0.25, 0.3) is 5.91 Å². The van der Waals surface area contributed by atoms with E-state index in [2.05, 4.69) is 22.2 Å². The van der Waals surface area contributed by atoms with Crippen LogP contribution in [0.25, 0.3) is 0 Å². The van der Waals surface area contributed by atoms with E-state index in [0.717, 1.165) is 5.56 Å². The van der Waals surface area contributed by atoms with Gasteiger partial charge in [0.1, 0.15) is 16.9 Å². The van der Waals surface area contributed by atoms with Gasteiger partial charge in [-0.1, -0.05) is 54.6 Å². The van der Waals surface area contributed by atoms with Crippen LogP contribution in [0, 0.1) is 0 Å². The van der Waals surface area contributed by atoms with Crippen molar-refractivity contribution in [1.29, 1.82) is 0 Å². The van der Waals surface area contributed by atoms with Gasteiger partial charge in [0.15, 0.2) is 0 Å². The van der Waals surface area contributed by atoms with Gasteiger partial charge in [0, 0.05) is 32.7 Å². The Morgan fingerprint density at radius 3 is 2.35 bits per heavy atom. The Morgan fingerprint density at radius 1 is 0.973 bits per heavy atom. The Hall–Kier alpha value is -3.72. The Morgan fingerprint density at radius 2 is 1.68 bits per heavy atom. The summed E-state index contributed by atoms with van der Waals surface area (Å²) in [6, 6.07) is 13.5. The SMILES string of the molecule is C=CC(=O)NCCCC[C@H](NC(=O)Cc1ccccc1)C(=O)N1CCN(C(=O)c2cccc(Cl)n2)CC1. The predicted octanol–water partition coefficient (Wildman–Crippen LogP) is 2.22. The normalized spacial score (nSPS) is 14.0. The first-order valence-electron chi connectivity index (χ1n) is 12.3. The number of hydrogen-bond donors (Lipinski definition) is 2. The van der Waals surface area contributed by atoms with Crippen LogP contribution in [-0.4, -0.2) is 77.2 Å². The van der Waals surface area contributed by atoms with Gasteiger partial charge in [-0.25, -0.2) is 4.98 Å². The molecule has 2 N–H and O–H groups in total. The summed E-state index contributed by atoms with van der Waals surface area (Å²) in [5.74, 6) is -0.886. The number of amides is 4. The van der Waals surface area contributed by atoms with Gasteiger partial charge in [-0.15, -0.1) is 0 Å². The zero-order chi connectivity index (χ0) is 26.6. The van der Waals surface area contributed by atoms with Crippen molar-refractivity contribution in [3.05, 3.63) is 77.6 Å². The molecule has 1 aliphatic rings. The number of carbonyl (C=O) groups excluding carboxylic acids is 4. The lowest BCUT2D eigenvalue weighted by Gasteiger charge is -2.36. The second-order valence-corrected chi connectivity index (χ2v) is 9.12. The summed E-state index contributed by atoms with van der Waals surface area (Å²) >= 11 is 5.91. The first-order valence-corrected chi connectivity index (χ1v) is 12.7. The molecule has 0 bridgehead atoms. The van der Waals surface area contributed by atoms with Crippen LogP contribution >= 0.6 is 11.6 Å². The molecule has 196 valence electrons. The van der Waals surface area contributed by atoms with Crippen molar-refractivity contribution in [1.82, 2.24) is 25.4 Å². The van der Waals surface area contributed by atoms with Crippen molar-refractivity contribution in [2.45, 2.75) is 31.7 Å². The highest BCUT2D eigenvalue weighted by atomic mass is 35.5. The fourth-order valence-electron chi connectivity index (χ4n) is 4.08. The molecule has 1 saturated heterocycles. The predicted molar refractivity (Wildman–Crippen MR) is 141 cm³/mol. The summed E-state index contributed by atoms with van der Waals surface area (Å²) < 4.78 is 0. The number of unbranched alkanes of at least 4 members (excludes halogenated alkanes) is 1. The number of halogens is 1. The van der Waals surface area contributed by atoms with Crippen LogP contribution < -0.4 is 10.6 Å². The molecule has 0 radical (unpaired) electrons. The number of benzene rings is 1. The lowest BCUT2D eigenvalue weighted by atomic mass is 10.1. The zero-order valence-electron chi connectivity index (χ0n) is 20.7. The summed E-state index contributed by atoms with van der Waals surface area (Å²) in [6.45, 7) is 5.31. The van der Waals surface area contributed by atoms with Crippen molar-refractivity contribution < 1.29 is 19.2 Å². The first-order chi connectivity index (χ1) is 17.9. The van der Waals surface area contributed by atoms with Crippen LogP contribution in [0.15, 0.2) is 61.2 Å². The number of aromatic nitrogens is 1. The van der Waals surface area contributed by atoms with Crippen molar-refractivity contribution in [2.24, 2.45) is 0 Å². The maximum Gasteiger partial charge on any atom is 0.272 e. The molecule has 1 atom stereocenters. The Balaban J connectivity index is 1.57. The van der Waals surface area contributed by atoms with Crippen LogP contribution in [-0.2, 0) is 20.8 Å². The van der Waals surface area contributed by atoms with E-state index >= 15 is 0 Å². The number of nitrogens with one attached hydrogen (secondary N) is 2. The Bertz CT molecular complexity index is 1100. The van der Waals surface area contributed by atoms with Gasteiger partial charge in [-0.2, -0.15) is 0 Å². The number of carbonyl (C=O) groups is 4. The van der Waals surface area contributed by atoms with E-state index in [-0.39, 0.29) is 40.9 Å². The molecule has 0 spiro atoms. The van der Waals surface area contributed by atoms with Crippen LogP contribution in [0.2, 0.25) is 5.15 Å². The van der Waals surface area contributed by atoms with E-state index in [1.54, 1.807) is 28.0 Å². The standard InChI is InChI=1S/C27H32ClN5O4/c1-2-24(34)29-14-7-6-11-22(31-25(35)19-20-9-4-3-5-10-20)27(37)33-17-15-32(16-18-33)26(36)21-12-8-13-23(28)30-21/h2-5,8-10,12-13,22H,1,6-7,11,14-19H2,(H,29,34)(H,31,35)/t22-/m0/s1. The second kappa shape index (κ2) is 14.1. The molecular formula is C27H32ClN5O4. The molecular weight excluding hydrogens is 494 g/mol. The van der Waals surface area contributed by atoms with Crippen molar-refractivity contribution >= 4 is 35.2 Å². The van der Waals surface area contributed by atoms with Gasteiger partial charge in [0.2, 0.25) is 17.7 Å². The average Bonchev–Trinajstić information content (AvgIpc) is 2.92. The van der Waals surface area contributed by atoms with Crippen molar-refractivity contribution in [2.75, 3.05) is 32.7 Å². The number of piperazine rings is 1. The Kier molecular flexibility index (Phi) is 10.6. The van der Waals surface area contributed by atoms with E-state index in [9.17, 15) is 19.2 Å². The molecule has 0 aliphatic carbocycles. The largest absolute Gasteiger partial charge is 0.353 e. The van der Waals surface area contributed by atoms with Crippen LogP contribution in [0.4, 0.5) is 0 Å². The van der Waals surface area contributed by atoms with E-state index in [1.165, 1.54) is 6.08 Å². The van der Waals surface area contributed by atoms with E-state index in [1.807, 2.05) is 30.3 Å². The fraction of sp³-hybridized carbons (Fsp3) is 0.370. The number of rotatable bonds is 11. The minimum Gasteiger partial charge on any atom is -0.353 e. The summed E-state index contributed by atoms with van der Waals surface area (Å²) in [5.41, 5.74) is 1.13. The molecule has 10 heteroatoms. The quantitative estimate of drug-likeness (QED) is 0.265. The van der Waals surface area contributed by atoms with Crippen molar-refractivity contribution in [3.8, 4) is 0 Å². The number of hydrogen-bond acceptors (Lipinski definition) is 5. The minimum atomic E-state index is -0.692. The van der Waals surface area contributed by atoms with Gasteiger partial charge in [0.05, 0.1) is 6.42 Å². The summed E-state index contributed by atoms with van der Waals surface area (Å²) in [7, 11) is 0. The summed E-state index contributed by atoms with van der Waals surface area (Å²) in [6.07, 6.45) is 3.12. The zero-order valence-corrected chi connectivity index (χ0v) is 21.5. The smallest absolute Gasteiger partial charge is 0.272 e. The molecule has 0 unspecified atom stereocenters. The van der Waals surface area contributed by atoms with Gasteiger partial charge >= 0.3 is 0 Å². The summed E-state index contributed by atoms with van der Waals surface area (Å²) in [4.78, 5) is 57.6. The van der Waals surface area contributed by atoms with E-state index < -0.39 is 6.04 Å². The van der Waals surface area contributed by atoms with Gasteiger partial charge in [-0.3, -0.25) is 19.2 Å². The third kappa shape index (κ3) is 8.71. The highest BCUT2D eigenvalue weighted by Gasteiger charge is 2.30. The van der Waals surface area contributed by atoms with Crippen LogP contribution in [0.5, 0.6) is 0 Å². The van der Waals surface area contributed by atoms with Crippen LogP contribution in [0.3, 0.4) is 0 Å². The lowest BCUT2D eigenvalue weighted by molar-refractivity contribution is -0.137. The molecule has 1 aromatic heterocycles. The van der Waals surface area contributed by atoms with Crippen LogP contribution in [0.1, 0.15) is 35.3 Å². The van der Waals surface area contributed by atoms with Gasteiger partial charge < -0.3 is 20.4 Å². The molecule has 1 aromatic carbocycles. The second-order valence-electron chi connectivity index (χ2n) is 8.74. The third-order valence-corrected chi connectivity index (χ3v) is 6.27. The summed E-state index contributed by atoms with van der Waals surface area (Å²) in [5, 5.41) is 5.86. The van der Waals surface area contributed by atoms with Gasteiger partial charge in [-0.05, 0) is 43.0 Å². The van der Waals surface area contributed by atoms with Crippen molar-refractivity contribution in [3.63, 3.8) is 0 Å². The molecule has 0 saturated carbocycles. The topological polar surface area (TPSA) is 112 Å². The maximum atomic E-state index is 13.4. The monoisotopic (exact) mass is 525 g/mol. The molecule has 2 aromatic rings.